The molecule has 1 aromatic carbocycles. The van der Waals surface area contributed by atoms with Gasteiger partial charge in [0.1, 0.15) is 0 Å². The van der Waals surface area contributed by atoms with Crippen molar-refractivity contribution in [1.82, 2.24) is 10.2 Å². The van der Waals surface area contributed by atoms with Crippen LogP contribution in [0.3, 0.4) is 0 Å². The lowest BCUT2D eigenvalue weighted by Gasteiger charge is -2.31. The first-order valence-corrected chi connectivity index (χ1v) is 9.35. The van der Waals surface area contributed by atoms with E-state index in [1.165, 1.54) is 31.2 Å². The van der Waals surface area contributed by atoms with Gasteiger partial charge >= 0.3 is 0 Å². The number of hydrogen-bond acceptors (Lipinski definition) is 2. The topological polar surface area (TPSA) is 32.3 Å². The molecule has 3 nitrogen and oxygen atoms in total. The number of hydrogen-bond donors (Lipinski definition) is 1. The summed E-state index contributed by atoms with van der Waals surface area (Å²) < 4.78 is 0. The number of nitrogens with one attached hydrogen (secondary N) is 1. The Kier molecular flexibility index (Phi) is 4.33. The molecule has 2 aliphatic heterocycles. The van der Waals surface area contributed by atoms with E-state index in [9.17, 15) is 4.79 Å². The van der Waals surface area contributed by atoms with Gasteiger partial charge in [-0.05, 0) is 62.1 Å². The van der Waals surface area contributed by atoms with Gasteiger partial charge in [0.15, 0.2) is 0 Å². The van der Waals surface area contributed by atoms with Gasteiger partial charge in [0.05, 0.1) is 0 Å². The molecule has 3 aliphatic rings. The number of piperidine rings is 1. The number of carbonyl (C=O) groups is 1. The molecule has 2 saturated heterocycles. The van der Waals surface area contributed by atoms with Crippen LogP contribution in [0.1, 0.15) is 50.5 Å². The number of fused-ring (bicyclic) bond motifs is 2. The van der Waals surface area contributed by atoms with Crippen molar-refractivity contribution in [1.29, 1.82) is 0 Å². The van der Waals surface area contributed by atoms with Crippen molar-refractivity contribution in [2.24, 2.45) is 5.92 Å². The van der Waals surface area contributed by atoms with Crippen molar-refractivity contribution < 1.29 is 4.79 Å². The molecule has 1 aromatic rings. The molecular weight excluding hydrogens is 308 g/mol. The van der Waals surface area contributed by atoms with Gasteiger partial charge in [-0.3, -0.25) is 4.79 Å². The first-order valence-electron chi connectivity index (χ1n) is 8.97. The Bertz CT molecular complexity index is 557. The molecule has 4 rings (SSSR count). The van der Waals surface area contributed by atoms with Crippen LogP contribution in [-0.2, 0) is 11.3 Å². The maximum Gasteiger partial charge on any atom is 0.223 e. The van der Waals surface area contributed by atoms with Crippen LogP contribution in [0.25, 0.3) is 0 Å². The average Bonchev–Trinajstić information content (AvgIpc) is 3.31. The number of amides is 1. The van der Waals surface area contributed by atoms with Crippen molar-refractivity contribution >= 4 is 17.5 Å². The Hall–Kier alpha value is -1.06. The molecule has 2 bridgehead atoms. The number of halogens is 1. The largest absolute Gasteiger partial charge is 0.335 e. The minimum absolute atomic E-state index is 0.355. The Morgan fingerprint density at radius 2 is 1.74 bits per heavy atom. The van der Waals surface area contributed by atoms with E-state index in [0.717, 1.165) is 30.8 Å². The second-order valence-corrected chi connectivity index (χ2v) is 8.00. The Morgan fingerprint density at radius 1 is 1.09 bits per heavy atom. The third-order valence-electron chi connectivity index (χ3n) is 5.61. The summed E-state index contributed by atoms with van der Waals surface area (Å²) >= 11 is 5.96. The highest BCUT2D eigenvalue weighted by molar-refractivity contribution is 6.30. The van der Waals surface area contributed by atoms with E-state index in [1.807, 2.05) is 24.3 Å². The van der Waals surface area contributed by atoms with E-state index in [4.69, 9.17) is 11.6 Å². The van der Waals surface area contributed by atoms with Crippen LogP contribution in [0.15, 0.2) is 24.3 Å². The minimum Gasteiger partial charge on any atom is -0.335 e. The molecular formula is C19H25ClN2O. The van der Waals surface area contributed by atoms with Gasteiger partial charge < -0.3 is 10.2 Å². The predicted octanol–water partition coefficient (Wildman–Crippen LogP) is 3.75. The molecule has 0 radical (unpaired) electrons. The molecule has 4 heteroatoms. The smallest absolute Gasteiger partial charge is 0.223 e. The number of benzene rings is 1. The van der Waals surface area contributed by atoms with Gasteiger partial charge in [-0.15, -0.1) is 0 Å². The normalized spacial score (nSPS) is 29.5. The van der Waals surface area contributed by atoms with Crippen LogP contribution in [0, 0.1) is 5.92 Å². The Balaban J connectivity index is 1.38. The van der Waals surface area contributed by atoms with Gasteiger partial charge in [0, 0.05) is 36.1 Å². The summed E-state index contributed by atoms with van der Waals surface area (Å²) in [4.78, 5) is 15.0. The van der Waals surface area contributed by atoms with Gasteiger partial charge in [-0.1, -0.05) is 23.7 Å². The minimum atomic E-state index is 0.355. The van der Waals surface area contributed by atoms with Crippen molar-refractivity contribution in [2.75, 3.05) is 0 Å². The summed E-state index contributed by atoms with van der Waals surface area (Å²) in [5.41, 5.74) is 1.18. The molecule has 1 N–H and O–H groups in total. The first-order chi connectivity index (χ1) is 11.2. The average molecular weight is 333 g/mol. The summed E-state index contributed by atoms with van der Waals surface area (Å²) in [7, 11) is 0. The third-order valence-corrected chi connectivity index (χ3v) is 5.86. The molecule has 1 amide bonds. The van der Waals surface area contributed by atoms with E-state index in [1.54, 1.807) is 0 Å². The lowest BCUT2D eigenvalue weighted by molar-refractivity contribution is -0.133. The van der Waals surface area contributed by atoms with Gasteiger partial charge in [0.25, 0.3) is 0 Å². The van der Waals surface area contributed by atoms with E-state index >= 15 is 0 Å². The quantitative estimate of drug-likeness (QED) is 0.890. The second kappa shape index (κ2) is 6.45. The zero-order chi connectivity index (χ0) is 15.8. The molecule has 2 unspecified atom stereocenters. The maximum absolute atomic E-state index is 12.9. The van der Waals surface area contributed by atoms with Crippen molar-refractivity contribution in [3.8, 4) is 0 Å². The van der Waals surface area contributed by atoms with Crippen molar-refractivity contribution in [2.45, 2.75) is 69.6 Å². The van der Waals surface area contributed by atoms with Crippen LogP contribution in [0.2, 0.25) is 5.02 Å². The SMILES string of the molecule is O=C(CC1CC2CCC(C1)N2)N(Cc1ccc(Cl)cc1)C1CC1. The van der Waals surface area contributed by atoms with Crippen molar-refractivity contribution in [3.63, 3.8) is 0 Å². The fourth-order valence-electron chi connectivity index (χ4n) is 4.30. The number of nitrogens with zero attached hydrogens (tertiary/aromatic N) is 1. The summed E-state index contributed by atoms with van der Waals surface area (Å²) in [6, 6.07) is 9.70. The van der Waals surface area contributed by atoms with Crippen LogP contribution in [-0.4, -0.2) is 28.9 Å². The molecule has 2 heterocycles. The third kappa shape index (κ3) is 3.72. The fraction of sp³-hybridized carbons (Fsp3) is 0.632. The van der Waals surface area contributed by atoms with E-state index in [0.29, 0.717) is 30.0 Å². The van der Waals surface area contributed by atoms with Gasteiger partial charge in [0.2, 0.25) is 5.91 Å². The molecule has 0 spiro atoms. The standard InChI is InChI=1S/C19H25ClN2O/c20-15-3-1-13(2-4-15)12-22(18-7-8-18)19(23)11-14-9-16-5-6-17(10-14)21-16/h1-4,14,16-18,21H,5-12H2. The molecule has 2 atom stereocenters. The number of carbonyl (C=O) groups excluding carboxylic acids is 1. The highest BCUT2D eigenvalue weighted by Crippen LogP contribution is 2.35. The van der Waals surface area contributed by atoms with E-state index < -0.39 is 0 Å². The van der Waals surface area contributed by atoms with E-state index in [-0.39, 0.29) is 0 Å². The van der Waals surface area contributed by atoms with Crippen molar-refractivity contribution in [3.05, 3.63) is 34.9 Å². The Morgan fingerprint density at radius 3 is 2.35 bits per heavy atom. The summed E-state index contributed by atoms with van der Waals surface area (Å²) in [5, 5.41) is 4.42. The predicted molar refractivity (Wildman–Crippen MR) is 92.3 cm³/mol. The fourth-order valence-corrected chi connectivity index (χ4v) is 4.43. The monoisotopic (exact) mass is 332 g/mol. The zero-order valence-corrected chi connectivity index (χ0v) is 14.3. The molecule has 3 fully saturated rings. The number of rotatable bonds is 5. The molecule has 124 valence electrons. The van der Waals surface area contributed by atoms with Crippen LogP contribution in [0.5, 0.6) is 0 Å². The van der Waals surface area contributed by atoms with Gasteiger partial charge in [-0.25, -0.2) is 0 Å². The molecule has 1 saturated carbocycles. The lowest BCUT2D eigenvalue weighted by atomic mass is 9.89. The molecule has 1 aliphatic carbocycles. The Labute approximate surface area is 143 Å². The molecule has 0 aromatic heterocycles. The summed E-state index contributed by atoms with van der Waals surface area (Å²) in [5.74, 6) is 0.932. The van der Waals surface area contributed by atoms with Crippen LogP contribution in [0.4, 0.5) is 0 Å². The van der Waals surface area contributed by atoms with Crippen LogP contribution >= 0.6 is 11.6 Å². The van der Waals surface area contributed by atoms with E-state index in [2.05, 4.69) is 10.2 Å². The van der Waals surface area contributed by atoms with Gasteiger partial charge in [-0.2, -0.15) is 0 Å². The lowest BCUT2D eigenvalue weighted by Crippen LogP contribution is -2.40. The highest BCUT2D eigenvalue weighted by atomic mass is 35.5. The maximum atomic E-state index is 12.9. The summed E-state index contributed by atoms with van der Waals surface area (Å²) in [6.07, 6.45) is 8.02. The first kappa shape index (κ1) is 15.5. The second-order valence-electron chi connectivity index (χ2n) is 7.56. The molecule has 23 heavy (non-hydrogen) atoms. The van der Waals surface area contributed by atoms with Crippen LogP contribution < -0.4 is 5.32 Å². The summed E-state index contributed by atoms with van der Waals surface area (Å²) in [6.45, 7) is 0.735. The zero-order valence-electron chi connectivity index (χ0n) is 13.5. The highest BCUT2D eigenvalue weighted by Gasteiger charge is 2.37.